The number of hydrogen-bond donors (Lipinski definition) is 2. The molecular formula is C18H20ClFN6O2S. The van der Waals surface area contributed by atoms with Gasteiger partial charge in [0.05, 0.1) is 11.8 Å². The highest BCUT2D eigenvalue weighted by atomic mass is 35.5. The van der Waals surface area contributed by atoms with Gasteiger partial charge in [0.1, 0.15) is 11.6 Å². The minimum Gasteiger partial charge on any atom is -0.382 e. The molecule has 0 unspecified atom stereocenters. The van der Waals surface area contributed by atoms with E-state index in [1.54, 1.807) is 37.6 Å². The molecule has 0 aliphatic rings. The number of sulfonamides is 1. The first kappa shape index (κ1) is 22.5. The molecule has 0 atom stereocenters. The van der Waals surface area contributed by atoms with E-state index in [0.29, 0.717) is 22.6 Å². The quantitative estimate of drug-likeness (QED) is 0.603. The van der Waals surface area contributed by atoms with Crippen LogP contribution in [0.1, 0.15) is 19.7 Å². The maximum absolute atomic E-state index is 13.6. The van der Waals surface area contributed by atoms with Gasteiger partial charge in [-0.05, 0) is 31.9 Å². The normalized spacial score (nSPS) is 11.6. The van der Waals surface area contributed by atoms with E-state index in [1.807, 2.05) is 0 Å². The Morgan fingerprint density at radius 2 is 1.93 bits per heavy atom. The second-order valence-electron chi connectivity index (χ2n) is 6.86. The molecule has 11 heteroatoms. The van der Waals surface area contributed by atoms with Crippen LogP contribution in [0.25, 0.3) is 22.6 Å². The molecule has 3 aromatic rings. The number of hydrogen-bond acceptors (Lipinski definition) is 6. The number of anilines is 1. The number of nitrogens with one attached hydrogen (secondary N) is 1. The van der Waals surface area contributed by atoms with E-state index in [-0.39, 0.29) is 29.9 Å². The molecule has 0 spiro atoms. The van der Waals surface area contributed by atoms with Crippen molar-refractivity contribution in [3.8, 4) is 23.2 Å². The van der Waals surface area contributed by atoms with E-state index in [2.05, 4.69) is 31.5 Å². The third-order valence-corrected chi connectivity index (χ3v) is 4.64. The number of nitrogen functional groups attached to an aromatic ring is 1. The fraction of sp³-hybridized carbons (Fsp3) is 0.278. The Bertz CT molecular complexity index is 1240. The van der Waals surface area contributed by atoms with Crippen LogP contribution in [-0.2, 0) is 17.1 Å². The molecule has 0 saturated carbocycles. The summed E-state index contributed by atoms with van der Waals surface area (Å²) in [4.78, 5) is 12.9. The molecule has 1 aromatic carbocycles. The Kier molecular flexibility index (Phi) is 6.18. The van der Waals surface area contributed by atoms with Crippen molar-refractivity contribution >= 4 is 39.4 Å². The average Bonchev–Trinajstić information content (AvgIpc) is 2.89. The number of fused-ring (bicyclic) bond motifs is 1. The van der Waals surface area contributed by atoms with Crippen LogP contribution in [0.3, 0.4) is 0 Å². The van der Waals surface area contributed by atoms with Gasteiger partial charge in [-0.1, -0.05) is 18.1 Å². The minimum absolute atomic E-state index is 0. The maximum Gasteiger partial charge on any atom is 0.209 e. The van der Waals surface area contributed by atoms with Crippen molar-refractivity contribution in [1.29, 1.82) is 0 Å². The summed E-state index contributed by atoms with van der Waals surface area (Å²) in [6.45, 7) is 3.24. The van der Waals surface area contributed by atoms with Gasteiger partial charge in [-0.15, -0.1) is 12.4 Å². The number of rotatable bonds is 3. The predicted molar refractivity (Wildman–Crippen MR) is 112 cm³/mol. The molecule has 3 rings (SSSR count). The Morgan fingerprint density at radius 3 is 2.55 bits per heavy atom. The molecule has 0 aliphatic carbocycles. The van der Waals surface area contributed by atoms with Crippen molar-refractivity contribution in [3.05, 3.63) is 35.9 Å². The molecule has 3 N–H and O–H groups in total. The van der Waals surface area contributed by atoms with Crippen molar-refractivity contribution in [1.82, 2.24) is 24.2 Å². The Labute approximate surface area is 174 Å². The lowest BCUT2D eigenvalue weighted by Crippen LogP contribution is -2.41. The van der Waals surface area contributed by atoms with Crippen LogP contribution in [0.15, 0.2) is 24.3 Å². The van der Waals surface area contributed by atoms with Crippen LogP contribution >= 0.6 is 12.4 Å². The third-order valence-electron chi connectivity index (χ3n) is 3.76. The summed E-state index contributed by atoms with van der Waals surface area (Å²) in [6.07, 6.45) is 1.06. The maximum atomic E-state index is 13.6. The van der Waals surface area contributed by atoms with Gasteiger partial charge in [0.2, 0.25) is 15.8 Å². The van der Waals surface area contributed by atoms with E-state index in [1.165, 1.54) is 12.1 Å². The van der Waals surface area contributed by atoms with Gasteiger partial charge in [0, 0.05) is 12.6 Å². The van der Waals surface area contributed by atoms with Crippen molar-refractivity contribution in [3.63, 3.8) is 0 Å². The van der Waals surface area contributed by atoms with Crippen LogP contribution in [0.5, 0.6) is 0 Å². The molecule has 0 bridgehead atoms. The summed E-state index contributed by atoms with van der Waals surface area (Å²) in [6, 6.07) is 6.03. The number of imidazole rings is 1. The van der Waals surface area contributed by atoms with E-state index >= 15 is 0 Å². The van der Waals surface area contributed by atoms with Crippen molar-refractivity contribution in [2.24, 2.45) is 7.05 Å². The van der Waals surface area contributed by atoms with Crippen molar-refractivity contribution < 1.29 is 12.8 Å². The van der Waals surface area contributed by atoms with Crippen LogP contribution in [-0.4, -0.2) is 39.7 Å². The number of benzene rings is 1. The summed E-state index contributed by atoms with van der Waals surface area (Å²) < 4.78 is 40.5. The monoisotopic (exact) mass is 438 g/mol. The standard InChI is InChI=1S/C18H19FN6O2S.ClH/c1-18(2,24-28(4,26)27)9-8-13-21-15(20)14-17(22-13)25(3)16(23-14)11-6-5-7-12(19)10-11;/h5-7,10,24H,1-4H3,(H2,20,21,22);1H. The van der Waals surface area contributed by atoms with Gasteiger partial charge in [-0.2, -0.15) is 4.72 Å². The second-order valence-corrected chi connectivity index (χ2v) is 8.61. The highest BCUT2D eigenvalue weighted by Gasteiger charge is 2.20. The first-order valence-electron chi connectivity index (χ1n) is 8.23. The van der Waals surface area contributed by atoms with Gasteiger partial charge in [-0.3, -0.25) is 0 Å². The van der Waals surface area contributed by atoms with Gasteiger partial charge in [0.15, 0.2) is 17.0 Å². The zero-order chi connectivity index (χ0) is 20.7. The fourth-order valence-electron chi connectivity index (χ4n) is 2.73. The number of aryl methyl sites for hydroxylation is 1. The predicted octanol–water partition coefficient (Wildman–Crippen LogP) is 1.85. The van der Waals surface area contributed by atoms with Gasteiger partial charge >= 0.3 is 0 Å². The second kappa shape index (κ2) is 7.94. The lowest BCUT2D eigenvalue weighted by molar-refractivity contribution is 0.544. The van der Waals surface area contributed by atoms with Crippen LogP contribution in [0.2, 0.25) is 0 Å². The van der Waals surface area contributed by atoms with Gasteiger partial charge < -0.3 is 10.3 Å². The molecule has 154 valence electrons. The SMILES string of the molecule is Cl.Cn1c(-c2cccc(F)c2)nc2c(N)nc(C#CC(C)(C)NS(C)(=O)=O)nc21. The molecule has 2 aromatic heterocycles. The van der Waals surface area contributed by atoms with Crippen LogP contribution in [0, 0.1) is 17.7 Å². The topological polar surface area (TPSA) is 116 Å². The average molecular weight is 439 g/mol. The Hall–Kier alpha value is -2.74. The van der Waals surface area contributed by atoms with E-state index < -0.39 is 15.6 Å². The molecule has 0 aliphatic heterocycles. The smallest absolute Gasteiger partial charge is 0.209 e. The molecule has 0 amide bonds. The molecule has 8 nitrogen and oxygen atoms in total. The zero-order valence-electron chi connectivity index (χ0n) is 16.2. The molecule has 0 saturated heterocycles. The zero-order valence-corrected chi connectivity index (χ0v) is 17.8. The fourth-order valence-corrected chi connectivity index (χ4v) is 3.70. The van der Waals surface area contributed by atoms with E-state index in [4.69, 9.17) is 5.73 Å². The minimum atomic E-state index is -3.43. The van der Waals surface area contributed by atoms with Crippen molar-refractivity contribution in [2.75, 3.05) is 12.0 Å². The van der Waals surface area contributed by atoms with Gasteiger partial charge in [-0.25, -0.2) is 27.8 Å². The number of nitrogens with two attached hydrogens (primary N) is 1. The summed E-state index contributed by atoms with van der Waals surface area (Å²) >= 11 is 0. The number of halogens is 2. The first-order valence-corrected chi connectivity index (χ1v) is 10.1. The third kappa shape index (κ3) is 5.20. The largest absolute Gasteiger partial charge is 0.382 e. The Balaban J connectivity index is 0.00000300. The van der Waals surface area contributed by atoms with Gasteiger partial charge in [0.25, 0.3) is 0 Å². The molecule has 0 radical (unpaired) electrons. The summed E-state index contributed by atoms with van der Waals surface area (Å²) in [5.41, 5.74) is 6.38. The number of aromatic nitrogens is 4. The van der Waals surface area contributed by atoms with Crippen molar-refractivity contribution in [2.45, 2.75) is 19.4 Å². The summed E-state index contributed by atoms with van der Waals surface area (Å²) in [7, 11) is -1.70. The van der Waals surface area contributed by atoms with E-state index in [0.717, 1.165) is 6.26 Å². The lowest BCUT2D eigenvalue weighted by atomic mass is 10.1. The molecule has 29 heavy (non-hydrogen) atoms. The lowest BCUT2D eigenvalue weighted by Gasteiger charge is -2.17. The first-order chi connectivity index (χ1) is 13.0. The van der Waals surface area contributed by atoms with Crippen LogP contribution < -0.4 is 10.5 Å². The summed E-state index contributed by atoms with van der Waals surface area (Å²) in [5.74, 6) is 5.89. The van der Waals surface area contributed by atoms with E-state index in [9.17, 15) is 12.8 Å². The highest BCUT2D eigenvalue weighted by molar-refractivity contribution is 7.88. The molecule has 0 fully saturated rings. The molecule has 2 heterocycles. The summed E-state index contributed by atoms with van der Waals surface area (Å²) in [5, 5.41) is 0. The highest BCUT2D eigenvalue weighted by Crippen LogP contribution is 2.25. The Morgan fingerprint density at radius 1 is 1.24 bits per heavy atom. The van der Waals surface area contributed by atoms with Crippen LogP contribution in [0.4, 0.5) is 10.2 Å². The molecular weight excluding hydrogens is 419 g/mol. The number of nitrogens with zero attached hydrogens (tertiary/aromatic N) is 4.